The van der Waals surface area contributed by atoms with Crippen LogP contribution in [-0.2, 0) is 22.4 Å². The average Bonchev–Trinajstić information content (AvgIpc) is 3.77. The van der Waals surface area contributed by atoms with Crippen molar-refractivity contribution >= 4 is 102 Å². The van der Waals surface area contributed by atoms with Gasteiger partial charge in [-0.2, -0.15) is 0 Å². The molecule has 2 aromatic heterocycles. The van der Waals surface area contributed by atoms with Crippen LogP contribution in [0.5, 0.6) is 0 Å². The zero-order valence-electron chi connectivity index (χ0n) is 23.4. The number of hydrogen-bond acceptors (Lipinski definition) is 6. The molecule has 2 saturated heterocycles. The summed E-state index contributed by atoms with van der Waals surface area (Å²) in [6, 6.07) is 24.1. The Hall–Kier alpha value is -3.96. The molecule has 0 spiro atoms. The van der Waals surface area contributed by atoms with E-state index < -0.39 is 0 Å². The van der Waals surface area contributed by atoms with Crippen LogP contribution in [0.25, 0.3) is 34.0 Å². The molecule has 7 rings (SSSR count). The van der Waals surface area contributed by atoms with Gasteiger partial charge in [0.05, 0.1) is 9.81 Å². The lowest BCUT2D eigenvalue weighted by molar-refractivity contribution is -0.122. The molecule has 0 saturated carbocycles. The Labute approximate surface area is 273 Å². The lowest BCUT2D eigenvalue weighted by Crippen LogP contribution is -2.30. The Morgan fingerprint density at radius 3 is 1.57 bits per heavy atom. The van der Waals surface area contributed by atoms with Crippen LogP contribution >= 0.6 is 48.0 Å². The van der Waals surface area contributed by atoms with Gasteiger partial charge in [0.25, 0.3) is 11.8 Å². The number of thiocarbonyl (C=S) groups is 2. The number of thioether (sulfide) groups is 2. The standard InChI is InChI=1S/C34H26N4O2S4/c39-31-29(43-33(41)37(31)14-12-23-19-35-27-10-3-1-8-25(23)27)17-21-6-5-7-22(16-21)18-30-32(40)38(34(42)44-30)15-13-24-20-36-28-11-4-2-9-26(24)28/h1-11,16-20,35-36H,12-15H2/b29-17-,30-18-. The van der Waals surface area contributed by atoms with Crippen molar-refractivity contribution in [2.24, 2.45) is 0 Å². The van der Waals surface area contributed by atoms with Gasteiger partial charge in [-0.05, 0) is 65.4 Å². The summed E-state index contributed by atoms with van der Waals surface area (Å²) in [5.41, 5.74) is 6.22. The molecule has 218 valence electrons. The second-order valence-electron chi connectivity index (χ2n) is 10.6. The first-order valence-corrected chi connectivity index (χ1v) is 16.6. The molecule has 3 aromatic carbocycles. The summed E-state index contributed by atoms with van der Waals surface area (Å²) in [6.45, 7) is 1.04. The monoisotopic (exact) mass is 650 g/mol. The quantitative estimate of drug-likeness (QED) is 0.134. The highest BCUT2D eigenvalue weighted by Crippen LogP contribution is 2.35. The number of aromatic nitrogens is 2. The summed E-state index contributed by atoms with van der Waals surface area (Å²) >= 11 is 13.8. The number of fused-ring (bicyclic) bond motifs is 2. The van der Waals surface area contributed by atoms with E-state index in [0.29, 0.717) is 44.4 Å². The summed E-state index contributed by atoms with van der Waals surface area (Å²) in [5, 5.41) is 2.33. The van der Waals surface area contributed by atoms with Gasteiger partial charge in [-0.1, -0.05) is 103 Å². The number of nitrogens with zero attached hydrogens (tertiary/aromatic N) is 2. The number of amides is 2. The number of benzene rings is 3. The SMILES string of the molecule is O=C1/C(=C/c2cccc(/C=C3\SC(=S)N(CCc4c[nH]c5ccccc45)C3=O)c2)SC(=S)N1CCc1c[nH]c2ccccc12. The smallest absolute Gasteiger partial charge is 0.266 e. The van der Waals surface area contributed by atoms with Crippen LogP contribution in [-0.4, -0.2) is 53.3 Å². The number of aromatic amines is 2. The molecule has 5 aromatic rings. The van der Waals surface area contributed by atoms with Crippen molar-refractivity contribution in [1.82, 2.24) is 19.8 Å². The fourth-order valence-corrected chi connectivity index (χ4v) is 8.19. The minimum absolute atomic E-state index is 0.0821. The van der Waals surface area contributed by atoms with E-state index in [0.717, 1.165) is 44.1 Å². The van der Waals surface area contributed by atoms with Crippen LogP contribution in [0, 0.1) is 0 Å². The highest BCUT2D eigenvalue weighted by Gasteiger charge is 2.33. The Kier molecular flexibility index (Phi) is 7.98. The molecule has 2 aliphatic heterocycles. The Morgan fingerprint density at radius 1 is 0.636 bits per heavy atom. The number of nitrogens with one attached hydrogen (secondary N) is 2. The molecule has 2 fully saturated rings. The van der Waals surface area contributed by atoms with Crippen molar-refractivity contribution < 1.29 is 9.59 Å². The molecule has 0 radical (unpaired) electrons. The Bertz CT molecular complexity index is 1900. The maximum Gasteiger partial charge on any atom is 0.266 e. The highest BCUT2D eigenvalue weighted by molar-refractivity contribution is 8.27. The number of H-pyrrole nitrogens is 2. The third kappa shape index (κ3) is 5.66. The number of hydrogen-bond donors (Lipinski definition) is 2. The third-order valence-electron chi connectivity index (χ3n) is 7.81. The van der Waals surface area contributed by atoms with Gasteiger partial charge in [-0.15, -0.1) is 0 Å². The molecule has 44 heavy (non-hydrogen) atoms. The topological polar surface area (TPSA) is 72.2 Å². The first-order valence-electron chi connectivity index (χ1n) is 14.2. The predicted octanol–water partition coefficient (Wildman–Crippen LogP) is 7.54. The number of carbonyl (C=O) groups is 2. The predicted molar refractivity (Wildman–Crippen MR) is 190 cm³/mol. The molecule has 10 heteroatoms. The van der Waals surface area contributed by atoms with Gasteiger partial charge in [0.1, 0.15) is 8.64 Å². The Morgan fingerprint density at radius 2 is 1.09 bits per heavy atom. The van der Waals surface area contributed by atoms with E-state index in [1.54, 1.807) is 9.80 Å². The van der Waals surface area contributed by atoms with Gasteiger partial charge in [-0.3, -0.25) is 19.4 Å². The maximum absolute atomic E-state index is 13.3. The number of para-hydroxylation sites is 2. The van der Waals surface area contributed by atoms with Crippen molar-refractivity contribution in [2.45, 2.75) is 12.8 Å². The number of carbonyl (C=O) groups excluding carboxylic acids is 2. The van der Waals surface area contributed by atoms with Gasteiger partial charge in [0.15, 0.2) is 0 Å². The molecule has 0 bridgehead atoms. The minimum Gasteiger partial charge on any atom is -0.361 e. The summed E-state index contributed by atoms with van der Waals surface area (Å²) in [7, 11) is 0. The van der Waals surface area contributed by atoms with E-state index in [4.69, 9.17) is 24.4 Å². The maximum atomic E-state index is 13.3. The van der Waals surface area contributed by atoms with Crippen LogP contribution in [0.2, 0.25) is 0 Å². The van der Waals surface area contributed by atoms with E-state index in [1.807, 2.05) is 85.2 Å². The van der Waals surface area contributed by atoms with Crippen LogP contribution in [0.3, 0.4) is 0 Å². The number of rotatable bonds is 8. The molecular weight excluding hydrogens is 625 g/mol. The highest BCUT2D eigenvalue weighted by atomic mass is 32.2. The van der Waals surface area contributed by atoms with E-state index in [-0.39, 0.29) is 11.8 Å². The fraction of sp³-hybridized carbons (Fsp3) is 0.118. The van der Waals surface area contributed by atoms with Crippen molar-refractivity contribution in [3.05, 3.63) is 117 Å². The normalized spacial score (nSPS) is 17.5. The first-order chi connectivity index (χ1) is 21.4. The molecule has 6 nitrogen and oxygen atoms in total. The van der Waals surface area contributed by atoms with E-state index in [9.17, 15) is 9.59 Å². The lowest BCUT2D eigenvalue weighted by Gasteiger charge is -2.14. The molecule has 2 aliphatic rings. The van der Waals surface area contributed by atoms with Crippen LogP contribution in [0.4, 0.5) is 0 Å². The van der Waals surface area contributed by atoms with E-state index >= 15 is 0 Å². The van der Waals surface area contributed by atoms with Gasteiger partial charge in [0.2, 0.25) is 0 Å². The molecule has 0 unspecified atom stereocenters. The molecule has 0 atom stereocenters. The second-order valence-corrected chi connectivity index (χ2v) is 13.9. The van der Waals surface area contributed by atoms with Gasteiger partial charge in [0, 0.05) is 47.3 Å². The summed E-state index contributed by atoms with van der Waals surface area (Å²) in [5.74, 6) is -0.164. The summed E-state index contributed by atoms with van der Waals surface area (Å²) < 4.78 is 1.13. The van der Waals surface area contributed by atoms with E-state index in [1.165, 1.54) is 23.5 Å². The molecular formula is C34H26N4O2S4. The largest absolute Gasteiger partial charge is 0.361 e. The lowest BCUT2D eigenvalue weighted by atomic mass is 10.1. The van der Waals surface area contributed by atoms with Gasteiger partial charge >= 0.3 is 0 Å². The van der Waals surface area contributed by atoms with Crippen molar-refractivity contribution in [2.75, 3.05) is 13.1 Å². The summed E-state index contributed by atoms with van der Waals surface area (Å²) in [6.07, 6.45) is 9.16. The average molecular weight is 651 g/mol. The Balaban J connectivity index is 1.02. The first kappa shape index (κ1) is 28.8. The van der Waals surface area contributed by atoms with Gasteiger partial charge in [-0.25, -0.2) is 0 Å². The second kappa shape index (κ2) is 12.2. The van der Waals surface area contributed by atoms with E-state index in [2.05, 4.69) is 22.1 Å². The van der Waals surface area contributed by atoms with Crippen molar-refractivity contribution in [3.63, 3.8) is 0 Å². The van der Waals surface area contributed by atoms with Crippen LogP contribution in [0.15, 0.2) is 95.0 Å². The third-order valence-corrected chi connectivity index (χ3v) is 10.6. The fourth-order valence-electron chi connectivity index (χ4n) is 5.57. The molecule has 2 amide bonds. The summed E-state index contributed by atoms with van der Waals surface area (Å²) in [4.78, 5) is 37.7. The van der Waals surface area contributed by atoms with Crippen molar-refractivity contribution in [3.8, 4) is 0 Å². The van der Waals surface area contributed by atoms with Crippen molar-refractivity contribution in [1.29, 1.82) is 0 Å². The van der Waals surface area contributed by atoms with Gasteiger partial charge < -0.3 is 9.97 Å². The molecule has 2 N–H and O–H groups in total. The zero-order valence-corrected chi connectivity index (χ0v) is 26.7. The minimum atomic E-state index is -0.0821. The molecule has 0 aliphatic carbocycles. The van der Waals surface area contributed by atoms with Crippen LogP contribution < -0.4 is 0 Å². The zero-order chi connectivity index (χ0) is 30.2. The van der Waals surface area contributed by atoms with Crippen LogP contribution in [0.1, 0.15) is 22.3 Å². The molecule has 4 heterocycles.